The third-order valence-corrected chi connectivity index (χ3v) is 4.87. The van der Waals surface area contributed by atoms with Crippen molar-refractivity contribution in [2.24, 2.45) is 0 Å². The zero-order valence-corrected chi connectivity index (χ0v) is 15.2. The van der Waals surface area contributed by atoms with Crippen LogP contribution >= 0.6 is 0 Å². The summed E-state index contributed by atoms with van der Waals surface area (Å²) in [5.74, 6) is 1.89. The SMILES string of the molecule is COc1ccccc1-c1nc(C2CCCN(C(=O)c3ccccc3)C2)no1. The Kier molecular flexibility index (Phi) is 4.87. The summed E-state index contributed by atoms with van der Waals surface area (Å²) in [4.78, 5) is 19.2. The van der Waals surface area contributed by atoms with Crippen molar-refractivity contribution in [3.8, 4) is 17.2 Å². The van der Waals surface area contributed by atoms with E-state index in [1.54, 1.807) is 7.11 Å². The first kappa shape index (κ1) is 17.3. The van der Waals surface area contributed by atoms with Crippen molar-refractivity contribution < 1.29 is 14.1 Å². The van der Waals surface area contributed by atoms with Crippen LogP contribution in [0, 0.1) is 0 Å². The highest BCUT2D eigenvalue weighted by Crippen LogP contribution is 2.31. The first-order chi connectivity index (χ1) is 13.3. The van der Waals surface area contributed by atoms with Crippen molar-refractivity contribution in [2.75, 3.05) is 20.2 Å². The Labute approximate surface area is 157 Å². The van der Waals surface area contributed by atoms with Gasteiger partial charge in [0.25, 0.3) is 11.8 Å². The van der Waals surface area contributed by atoms with E-state index in [1.807, 2.05) is 59.5 Å². The summed E-state index contributed by atoms with van der Waals surface area (Å²) >= 11 is 0. The third-order valence-electron chi connectivity index (χ3n) is 4.87. The summed E-state index contributed by atoms with van der Waals surface area (Å²) in [6.07, 6.45) is 1.85. The molecule has 0 aliphatic carbocycles. The Morgan fingerprint density at radius 3 is 2.74 bits per heavy atom. The second-order valence-corrected chi connectivity index (χ2v) is 6.61. The number of carbonyl (C=O) groups excluding carboxylic acids is 1. The molecule has 138 valence electrons. The Bertz CT molecular complexity index is 923. The predicted molar refractivity (Wildman–Crippen MR) is 101 cm³/mol. The Hall–Kier alpha value is -3.15. The minimum absolute atomic E-state index is 0.0498. The number of ether oxygens (including phenoxy) is 1. The molecule has 27 heavy (non-hydrogen) atoms. The number of hydrogen-bond acceptors (Lipinski definition) is 5. The van der Waals surface area contributed by atoms with Crippen LogP contribution in [-0.4, -0.2) is 41.1 Å². The van der Waals surface area contributed by atoms with Crippen LogP contribution < -0.4 is 4.74 Å². The first-order valence-corrected chi connectivity index (χ1v) is 9.07. The number of methoxy groups -OCH3 is 1. The van der Waals surface area contributed by atoms with E-state index < -0.39 is 0 Å². The molecule has 0 radical (unpaired) electrons. The summed E-state index contributed by atoms with van der Waals surface area (Å²) in [7, 11) is 1.62. The summed E-state index contributed by atoms with van der Waals surface area (Å²) in [5, 5.41) is 4.18. The summed E-state index contributed by atoms with van der Waals surface area (Å²) in [6, 6.07) is 16.9. The average molecular weight is 363 g/mol. The maximum Gasteiger partial charge on any atom is 0.261 e. The predicted octanol–water partition coefficient (Wildman–Crippen LogP) is 3.77. The lowest BCUT2D eigenvalue weighted by Crippen LogP contribution is -2.39. The highest BCUT2D eigenvalue weighted by atomic mass is 16.5. The topological polar surface area (TPSA) is 68.5 Å². The maximum atomic E-state index is 12.7. The number of likely N-dealkylation sites (tertiary alicyclic amines) is 1. The smallest absolute Gasteiger partial charge is 0.261 e. The number of nitrogens with zero attached hydrogens (tertiary/aromatic N) is 3. The van der Waals surface area contributed by atoms with Gasteiger partial charge >= 0.3 is 0 Å². The van der Waals surface area contributed by atoms with E-state index in [0.29, 0.717) is 29.6 Å². The van der Waals surface area contributed by atoms with Gasteiger partial charge in [-0.3, -0.25) is 4.79 Å². The summed E-state index contributed by atoms with van der Waals surface area (Å²) < 4.78 is 10.9. The van der Waals surface area contributed by atoms with Crippen LogP contribution in [0.1, 0.15) is 34.9 Å². The van der Waals surface area contributed by atoms with Crippen molar-refractivity contribution in [1.29, 1.82) is 0 Å². The van der Waals surface area contributed by atoms with Crippen molar-refractivity contribution in [2.45, 2.75) is 18.8 Å². The highest BCUT2D eigenvalue weighted by Gasteiger charge is 2.29. The second-order valence-electron chi connectivity index (χ2n) is 6.61. The van der Waals surface area contributed by atoms with E-state index in [9.17, 15) is 4.79 Å². The number of piperidine rings is 1. The molecule has 4 rings (SSSR count). The van der Waals surface area contributed by atoms with Gasteiger partial charge < -0.3 is 14.2 Å². The largest absolute Gasteiger partial charge is 0.496 e. The fourth-order valence-electron chi connectivity index (χ4n) is 3.47. The molecule has 1 saturated heterocycles. The number of aromatic nitrogens is 2. The number of carbonyl (C=O) groups is 1. The molecular formula is C21H21N3O3. The van der Waals surface area contributed by atoms with E-state index >= 15 is 0 Å². The number of hydrogen-bond donors (Lipinski definition) is 0. The van der Waals surface area contributed by atoms with E-state index in [1.165, 1.54) is 0 Å². The van der Waals surface area contributed by atoms with Gasteiger partial charge in [0.05, 0.1) is 12.7 Å². The average Bonchev–Trinajstić information content (AvgIpc) is 3.24. The molecule has 3 aromatic rings. The molecule has 1 atom stereocenters. The van der Waals surface area contributed by atoms with Crippen molar-refractivity contribution in [3.63, 3.8) is 0 Å². The molecule has 2 aromatic carbocycles. The molecule has 0 spiro atoms. The van der Waals surface area contributed by atoms with Crippen molar-refractivity contribution in [1.82, 2.24) is 15.0 Å². The minimum atomic E-state index is 0.0498. The Balaban J connectivity index is 1.52. The standard InChI is InChI=1S/C21H21N3O3/c1-26-18-12-6-5-11-17(18)20-22-19(23-27-20)16-10-7-13-24(14-16)21(25)15-8-3-2-4-9-15/h2-6,8-9,11-12,16H,7,10,13-14H2,1H3. The Morgan fingerprint density at radius 2 is 1.93 bits per heavy atom. The molecular weight excluding hydrogens is 342 g/mol. The Morgan fingerprint density at radius 1 is 1.15 bits per heavy atom. The van der Waals surface area contributed by atoms with Crippen LogP contribution in [0.4, 0.5) is 0 Å². The molecule has 6 nitrogen and oxygen atoms in total. The molecule has 1 unspecified atom stereocenters. The monoisotopic (exact) mass is 363 g/mol. The zero-order chi connectivity index (χ0) is 18.6. The lowest BCUT2D eigenvalue weighted by molar-refractivity contribution is 0.0703. The molecule has 1 aromatic heterocycles. The molecule has 6 heteroatoms. The van der Waals surface area contributed by atoms with Gasteiger partial charge in [-0.15, -0.1) is 0 Å². The molecule has 0 N–H and O–H groups in total. The van der Waals surface area contributed by atoms with E-state index in [2.05, 4.69) is 10.1 Å². The van der Waals surface area contributed by atoms with Gasteiger partial charge in [0, 0.05) is 24.6 Å². The van der Waals surface area contributed by atoms with Crippen LogP contribution in [0.2, 0.25) is 0 Å². The fourth-order valence-corrected chi connectivity index (χ4v) is 3.47. The van der Waals surface area contributed by atoms with Gasteiger partial charge in [-0.25, -0.2) is 0 Å². The van der Waals surface area contributed by atoms with Crippen LogP contribution in [0.5, 0.6) is 5.75 Å². The van der Waals surface area contributed by atoms with Gasteiger partial charge in [0.15, 0.2) is 5.82 Å². The zero-order valence-electron chi connectivity index (χ0n) is 15.2. The van der Waals surface area contributed by atoms with Crippen LogP contribution in [-0.2, 0) is 0 Å². The van der Waals surface area contributed by atoms with Crippen LogP contribution in [0.15, 0.2) is 59.1 Å². The van der Waals surface area contributed by atoms with Crippen molar-refractivity contribution >= 4 is 5.91 Å². The lowest BCUT2D eigenvalue weighted by atomic mass is 9.96. The van der Waals surface area contributed by atoms with E-state index in [-0.39, 0.29) is 11.8 Å². The summed E-state index contributed by atoms with van der Waals surface area (Å²) in [6.45, 7) is 1.35. The second kappa shape index (κ2) is 7.61. The highest BCUT2D eigenvalue weighted by molar-refractivity contribution is 5.94. The number of para-hydroxylation sites is 1. The molecule has 1 fully saturated rings. The van der Waals surface area contributed by atoms with Crippen LogP contribution in [0.3, 0.4) is 0 Å². The fraction of sp³-hybridized carbons (Fsp3) is 0.286. The summed E-state index contributed by atoms with van der Waals surface area (Å²) in [5.41, 5.74) is 1.48. The minimum Gasteiger partial charge on any atom is -0.496 e. The molecule has 0 bridgehead atoms. The molecule has 1 amide bonds. The number of amides is 1. The van der Waals surface area contributed by atoms with Crippen LogP contribution in [0.25, 0.3) is 11.5 Å². The number of benzene rings is 2. The molecule has 2 heterocycles. The van der Waals surface area contributed by atoms with Gasteiger partial charge in [0.2, 0.25) is 0 Å². The van der Waals surface area contributed by atoms with E-state index in [4.69, 9.17) is 9.26 Å². The molecule has 1 aliphatic rings. The quantitative estimate of drug-likeness (QED) is 0.706. The van der Waals surface area contributed by atoms with Gasteiger partial charge in [-0.1, -0.05) is 35.5 Å². The van der Waals surface area contributed by atoms with Gasteiger partial charge in [-0.05, 0) is 37.1 Å². The lowest BCUT2D eigenvalue weighted by Gasteiger charge is -2.31. The van der Waals surface area contributed by atoms with Gasteiger partial charge in [0.1, 0.15) is 5.75 Å². The number of rotatable bonds is 4. The maximum absolute atomic E-state index is 12.7. The van der Waals surface area contributed by atoms with Crippen molar-refractivity contribution in [3.05, 3.63) is 66.0 Å². The third kappa shape index (κ3) is 3.56. The molecule has 0 saturated carbocycles. The van der Waals surface area contributed by atoms with E-state index in [0.717, 1.165) is 24.9 Å². The molecule has 1 aliphatic heterocycles. The first-order valence-electron chi connectivity index (χ1n) is 9.07. The normalized spacial score (nSPS) is 16.9. The van der Waals surface area contributed by atoms with Gasteiger partial charge in [-0.2, -0.15) is 4.98 Å².